The van der Waals surface area contributed by atoms with Crippen molar-refractivity contribution >= 4 is 109 Å². The molecule has 10 rings (SSSR count). The number of amides is 4. The van der Waals surface area contributed by atoms with E-state index in [1.54, 1.807) is 54.6 Å². The van der Waals surface area contributed by atoms with Crippen LogP contribution < -0.4 is 4.90 Å². The van der Waals surface area contributed by atoms with Crippen LogP contribution in [0.25, 0.3) is 21.7 Å². The lowest BCUT2D eigenvalue weighted by molar-refractivity contribution is 0.0641. The Labute approximate surface area is 343 Å². The molecule has 0 saturated heterocycles. The van der Waals surface area contributed by atoms with E-state index in [9.17, 15) is 28.8 Å². The highest BCUT2D eigenvalue weighted by atomic mass is 35.5. The molecule has 6 aromatic rings. The zero-order chi connectivity index (χ0) is 39.4. The number of hydrogen-bond donors (Lipinski definition) is 0. The molecule has 0 atom stereocenters. The molecule has 0 spiro atoms. The smallest absolute Gasteiger partial charge is 0.267 e. The summed E-state index contributed by atoms with van der Waals surface area (Å²) >= 11 is 21.9. The molecule has 4 amide bonds. The molecule has 4 aliphatic rings. The molecule has 280 valence electrons. The lowest BCUT2D eigenvalue weighted by Crippen LogP contribution is -2.31. The van der Waals surface area contributed by atoms with Crippen molar-refractivity contribution in [2.24, 2.45) is 0 Å². The number of ketones is 2. The molecule has 0 unspecified atom stereocenters. The van der Waals surface area contributed by atoms with Crippen LogP contribution in [0.5, 0.6) is 0 Å². The lowest BCUT2D eigenvalue weighted by Gasteiger charge is -2.21. The van der Waals surface area contributed by atoms with Gasteiger partial charge in [-0.3, -0.25) is 33.7 Å². The number of carbonyl (C=O) groups is 6. The number of imide groups is 2. The second kappa shape index (κ2) is 13.3. The maximum absolute atomic E-state index is 14.5. The average Bonchev–Trinajstić information content (AvgIpc) is 3.95. The highest BCUT2D eigenvalue weighted by molar-refractivity contribution is 8.00. The number of halogens is 3. The Morgan fingerprint density at radius 2 is 1.21 bits per heavy atom. The summed E-state index contributed by atoms with van der Waals surface area (Å²) in [6.07, 6.45) is 4.02. The molecule has 1 fully saturated rings. The minimum Gasteiger partial charge on any atom is -0.293 e. The van der Waals surface area contributed by atoms with Crippen molar-refractivity contribution in [2.75, 3.05) is 4.90 Å². The third kappa shape index (κ3) is 5.34. The van der Waals surface area contributed by atoms with Crippen LogP contribution >= 0.6 is 46.6 Å². The van der Waals surface area contributed by atoms with Crippen LogP contribution in [0.4, 0.5) is 5.69 Å². The summed E-state index contributed by atoms with van der Waals surface area (Å²) in [6, 6.07) is 23.6. The number of hydrogen-bond acceptors (Lipinski definition) is 8. The van der Waals surface area contributed by atoms with E-state index in [2.05, 4.69) is 0 Å². The van der Waals surface area contributed by atoms with Gasteiger partial charge in [0.2, 0.25) is 0 Å². The molecular weight excluding hydrogens is 805 g/mol. The molecule has 0 radical (unpaired) electrons. The summed E-state index contributed by atoms with van der Waals surface area (Å²) < 4.78 is 0. The maximum Gasteiger partial charge on any atom is 0.267 e. The monoisotopic (exact) mass is 829 g/mol. The molecule has 2 aliphatic carbocycles. The van der Waals surface area contributed by atoms with Crippen LogP contribution in [0.15, 0.2) is 89.8 Å². The van der Waals surface area contributed by atoms with Gasteiger partial charge in [0.1, 0.15) is 5.92 Å². The van der Waals surface area contributed by atoms with Crippen molar-refractivity contribution in [1.29, 1.82) is 0 Å². The van der Waals surface area contributed by atoms with Gasteiger partial charge in [0, 0.05) is 26.7 Å². The summed E-state index contributed by atoms with van der Waals surface area (Å²) in [4.78, 5) is 91.1. The summed E-state index contributed by atoms with van der Waals surface area (Å²) in [7, 11) is 0. The molecule has 3 heterocycles. The maximum atomic E-state index is 14.5. The first kappa shape index (κ1) is 36.0. The van der Waals surface area contributed by atoms with Gasteiger partial charge in [-0.15, -0.1) is 11.8 Å². The number of aromatic nitrogens is 1. The first-order valence-electron chi connectivity index (χ1n) is 18.3. The predicted octanol–water partition coefficient (Wildman–Crippen LogP) is 10.1. The summed E-state index contributed by atoms with van der Waals surface area (Å²) in [5.41, 5.74) is 1.55. The minimum atomic E-state index is -1.30. The standard InChI is InChI=1S/C44H26Cl3N3O6S/c45-34-32-33(35(46)40(36(34)47)57-23-9-3-4-10-23)44(56)50(43(32)55)30-16-13-22(19-49-41(53)25-11-5-6-12-26(25)42(49)54)24-14-15-29(48-37(24)30)31-38(51)27-17-20-7-1-2-8-21(20)18-28(27)39(31)52/h1-2,5-8,11-18,23,31H,3-4,9-10,19H2. The second-order valence-electron chi connectivity index (χ2n) is 14.5. The van der Waals surface area contributed by atoms with Gasteiger partial charge in [0.05, 0.1) is 60.8 Å². The SMILES string of the molecule is O=C1c2cc3ccccc3cc2C(=O)C1c1ccc2c(CN3C(=O)c4ccccc4C3=O)ccc(N3C(=O)c4c(Cl)c(Cl)c(SC5CCCC5)c(Cl)c4C3=O)c2n1. The van der Waals surface area contributed by atoms with Crippen LogP contribution in [0.1, 0.15) is 105 Å². The Morgan fingerprint density at radius 1 is 0.632 bits per heavy atom. The zero-order valence-electron chi connectivity index (χ0n) is 29.6. The summed E-state index contributed by atoms with van der Waals surface area (Å²) in [6.45, 7) is -0.166. The van der Waals surface area contributed by atoms with Gasteiger partial charge >= 0.3 is 0 Å². The summed E-state index contributed by atoms with van der Waals surface area (Å²) in [5.74, 6) is -4.64. The van der Waals surface area contributed by atoms with Crippen molar-refractivity contribution in [3.8, 4) is 0 Å². The number of benzene rings is 5. The first-order chi connectivity index (χ1) is 27.5. The number of carbonyl (C=O) groups excluding carboxylic acids is 6. The van der Waals surface area contributed by atoms with Gasteiger partial charge in [0.15, 0.2) is 11.6 Å². The molecule has 0 N–H and O–H groups in total. The van der Waals surface area contributed by atoms with E-state index in [0.29, 0.717) is 15.8 Å². The summed E-state index contributed by atoms with van der Waals surface area (Å²) in [5, 5.41) is 2.24. The molecule has 57 heavy (non-hydrogen) atoms. The van der Waals surface area contributed by atoms with Crippen molar-refractivity contribution < 1.29 is 28.8 Å². The number of thioether (sulfide) groups is 1. The molecule has 0 bridgehead atoms. The minimum absolute atomic E-state index is 0.0264. The topological polar surface area (TPSA) is 122 Å². The Morgan fingerprint density at radius 3 is 1.82 bits per heavy atom. The van der Waals surface area contributed by atoms with Gasteiger partial charge in [-0.1, -0.05) is 96.2 Å². The number of nitrogens with zero attached hydrogens (tertiary/aromatic N) is 3. The molecule has 1 aromatic heterocycles. The lowest BCUT2D eigenvalue weighted by atomic mass is 9.97. The van der Waals surface area contributed by atoms with Crippen LogP contribution in [-0.4, -0.2) is 50.3 Å². The fourth-order valence-corrected chi connectivity index (χ4v) is 10.9. The van der Waals surface area contributed by atoms with Crippen molar-refractivity contribution in [3.05, 3.63) is 145 Å². The van der Waals surface area contributed by atoms with Crippen LogP contribution in [-0.2, 0) is 6.54 Å². The highest BCUT2D eigenvalue weighted by Crippen LogP contribution is 2.50. The average molecular weight is 831 g/mol. The molecule has 9 nitrogen and oxygen atoms in total. The third-order valence-corrected chi connectivity index (χ3v) is 14.2. The Hall–Kier alpha value is -5.39. The van der Waals surface area contributed by atoms with Crippen LogP contribution in [0.2, 0.25) is 15.1 Å². The van der Waals surface area contributed by atoms with Gasteiger partial charge in [-0.2, -0.15) is 0 Å². The normalized spacial score (nSPS) is 16.9. The number of fused-ring (bicyclic) bond motifs is 5. The molecule has 1 saturated carbocycles. The van der Waals surface area contributed by atoms with E-state index in [0.717, 1.165) is 46.3 Å². The molecule has 13 heteroatoms. The largest absolute Gasteiger partial charge is 0.293 e. The molecule has 5 aromatic carbocycles. The number of anilines is 1. The van der Waals surface area contributed by atoms with E-state index >= 15 is 0 Å². The first-order valence-corrected chi connectivity index (χ1v) is 20.3. The van der Waals surface area contributed by atoms with Gasteiger partial charge in [-0.05, 0) is 65.6 Å². The van der Waals surface area contributed by atoms with Gasteiger partial charge in [-0.25, -0.2) is 9.88 Å². The second-order valence-corrected chi connectivity index (χ2v) is 17.0. The van der Waals surface area contributed by atoms with Gasteiger partial charge < -0.3 is 0 Å². The van der Waals surface area contributed by atoms with E-state index in [1.807, 2.05) is 24.3 Å². The van der Waals surface area contributed by atoms with Crippen LogP contribution in [0.3, 0.4) is 0 Å². The van der Waals surface area contributed by atoms with Gasteiger partial charge in [0.25, 0.3) is 23.6 Å². The zero-order valence-corrected chi connectivity index (χ0v) is 32.7. The van der Waals surface area contributed by atoms with Crippen molar-refractivity contribution in [1.82, 2.24) is 9.88 Å². The Kier molecular flexibility index (Phi) is 8.43. The quantitative estimate of drug-likeness (QED) is 0.0924. The fourth-order valence-electron chi connectivity index (χ4n) is 8.51. The van der Waals surface area contributed by atoms with E-state index in [1.165, 1.54) is 17.8 Å². The molecule has 2 aliphatic heterocycles. The number of pyridine rings is 1. The van der Waals surface area contributed by atoms with Crippen molar-refractivity contribution in [3.63, 3.8) is 0 Å². The highest BCUT2D eigenvalue weighted by Gasteiger charge is 2.45. The number of rotatable bonds is 6. The van der Waals surface area contributed by atoms with E-state index in [4.69, 9.17) is 39.8 Å². The Balaban J connectivity index is 1.11. The third-order valence-electron chi connectivity index (χ3n) is 11.3. The van der Waals surface area contributed by atoms with Crippen molar-refractivity contribution in [2.45, 2.75) is 48.3 Å². The fraction of sp³-hybridized carbons (Fsp3) is 0.159. The predicted molar refractivity (Wildman–Crippen MR) is 218 cm³/mol. The molecular formula is C44H26Cl3N3O6S. The van der Waals surface area contributed by atoms with E-state index in [-0.39, 0.29) is 77.1 Å². The van der Waals surface area contributed by atoms with Crippen LogP contribution in [0, 0.1) is 0 Å². The number of Topliss-reactive ketones (excluding diaryl/α,β-unsaturated/α-hetero) is 2. The Bertz CT molecular complexity index is 2820. The van der Waals surface area contributed by atoms with E-state index < -0.39 is 41.1 Å².